The lowest BCUT2D eigenvalue weighted by Crippen LogP contribution is -2.42. The second-order valence-corrected chi connectivity index (χ2v) is 4.79. The molecule has 2 rings (SSSR count). The van der Waals surface area contributed by atoms with Crippen LogP contribution >= 0.6 is 15.9 Å². The maximum Gasteiger partial charge on any atom is 0.171 e. The third-order valence-corrected chi connectivity index (χ3v) is 3.44. The van der Waals surface area contributed by atoms with E-state index in [1.807, 2.05) is 18.3 Å². The minimum Gasteiger partial charge on any atom is -0.493 e. The van der Waals surface area contributed by atoms with Gasteiger partial charge >= 0.3 is 0 Å². The number of hydrogen-bond acceptors (Lipinski definition) is 3. The molecule has 0 aromatic carbocycles. The summed E-state index contributed by atoms with van der Waals surface area (Å²) in [6.07, 6.45) is 5.70. The summed E-state index contributed by atoms with van der Waals surface area (Å²) < 4.78 is 5.37. The number of rotatable bonds is 5. The third-order valence-electron chi connectivity index (χ3n) is 3.08. The van der Waals surface area contributed by atoms with Crippen molar-refractivity contribution in [3.63, 3.8) is 0 Å². The van der Waals surface area contributed by atoms with Crippen LogP contribution in [0.5, 0.6) is 5.75 Å². The third kappa shape index (κ3) is 2.32. The Kier molecular flexibility index (Phi) is 4.04. The van der Waals surface area contributed by atoms with E-state index < -0.39 is 0 Å². The second kappa shape index (κ2) is 5.53. The Labute approximate surface area is 105 Å². The van der Waals surface area contributed by atoms with Gasteiger partial charge in [0, 0.05) is 24.1 Å². The molecule has 0 atom stereocenters. The predicted octanol–water partition coefficient (Wildman–Crippen LogP) is 2.84. The predicted molar refractivity (Wildman–Crippen MR) is 69.6 cm³/mol. The van der Waals surface area contributed by atoms with Crippen LogP contribution in [0.4, 0.5) is 5.82 Å². The van der Waals surface area contributed by atoms with Gasteiger partial charge < -0.3 is 9.64 Å². The number of aromatic nitrogens is 1. The zero-order valence-corrected chi connectivity index (χ0v) is 11.1. The number of ether oxygens (including phenoxy) is 1. The average Bonchev–Trinajstić information content (AvgIpc) is 2.26. The summed E-state index contributed by atoms with van der Waals surface area (Å²) in [5.41, 5.74) is 0. The topological polar surface area (TPSA) is 25.4 Å². The van der Waals surface area contributed by atoms with E-state index in [0.29, 0.717) is 6.04 Å². The van der Waals surface area contributed by atoms with Crippen molar-refractivity contribution in [2.24, 2.45) is 0 Å². The van der Waals surface area contributed by atoms with Crippen molar-refractivity contribution in [2.75, 3.05) is 23.9 Å². The Balaban J connectivity index is 2.22. The average molecular weight is 285 g/mol. The molecule has 16 heavy (non-hydrogen) atoms. The number of anilines is 1. The zero-order valence-electron chi connectivity index (χ0n) is 9.53. The van der Waals surface area contributed by atoms with Gasteiger partial charge in [0.25, 0.3) is 0 Å². The Morgan fingerprint density at radius 3 is 2.94 bits per heavy atom. The van der Waals surface area contributed by atoms with E-state index in [4.69, 9.17) is 4.74 Å². The van der Waals surface area contributed by atoms with Crippen LogP contribution in [0, 0.1) is 0 Å². The molecule has 1 heterocycles. The normalized spacial score (nSPS) is 15.6. The molecule has 0 unspecified atom stereocenters. The van der Waals surface area contributed by atoms with Gasteiger partial charge in [0.2, 0.25) is 0 Å². The highest BCUT2D eigenvalue weighted by Gasteiger charge is 2.27. The first kappa shape index (κ1) is 11.7. The lowest BCUT2D eigenvalue weighted by atomic mass is 9.91. The van der Waals surface area contributed by atoms with E-state index in [-0.39, 0.29) is 0 Å². The maximum atomic E-state index is 5.37. The van der Waals surface area contributed by atoms with Crippen LogP contribution in [-0.2, 0) is 0 Å². The van der Waals surface area contributed by atoms with Gasteiger partial charge in [-0.2, -0.15) is 0 Å². The van der Waals surface area contributed by atoms with Crippen molar-refractivity contribution in [1.29, 1.82) is 0 Å². The molecular weight excluding hydrogens is 268 g/mol. The number of methoxy groups -OCH3 is 1. The summed E-state index contributed by atoms with van der Waals surface area (Å²) in [6.45, 7) is 0.984. The Bertz CT molecular complexity index is 342. The smallest absolute Gasteiger partial charge is 0.171 e. The van der Waals surface area contributed by atoms with Crippen LogP contribution in [0.25, 0.3) is 0 Å². The van der Waals surface area contributed by atoms with E-state index in [9.17, 15) is 0 Å². The fourth-order valence-corrected chi connectivity index (χ4v) is 2.39. The maximum absolute atomic E-state index is 5.37. The lowest BCUT2D eigenvalue weighted by Gasteiger charge is -2.38. The summed E-state index contributed by atoms with van der Waals surface area (Å²) in [7, 11) is 1.70. The van der Waals surface area contributed by atoms with Crippen LogP contribution in [0.3, 0.4) is 0 Å². The summed E-state index contributed by atoms with van der Waals surface area (Å²) >= 11 is 3.51. The number of nitrogens with zero attached hydrogens (tertiary/aromatic N) is 2. The number of pyridine rings is 1. The summed E-state index contributed by atoms with van der Waals surface area (Å²) in [6, 6.07) is 4.53. The molecule has 0 bridgehead atoms. The van der Waals surface area contributed by atoms with Crippen molar-refractivity contribution in [3.05, 3.63) is 18.3 Å². The molecule has 0 saturated heterocycles. The highest BCUT2D eigenvalue weighted by atomic mass is 79.9. The molecule has 0 N–H and O–H groups in total. The second-order valence-electron chi connectivity index (χ2n) is 4.00. The van der Waals surface area contributed by atoms with E-state index >= 15 is 0 Å². The molecule has 4 heteroatoms. The van der Waals surface area contributed by atoms with E-state index in [1.54, 1.807) is 7.11 Å². The summed E-state index contributed by atoms with van der Waals surface area (Å²) in [5.74, 6) is 1.85. The quantitative estimate of drug-likeness (QED) is 0.778. The fourth-order valence-electron chi connectivity index (χ4n) is 2.01. The molecule has 88 valence electrons. The lowest BCUT2D eigenvalue weighted by molar-refractivity contribution is 0.375. The molecule has 0 spiro atoms. The number of alkyl halides is 1. The molecule has 1 saturated carbocycles. The summed E-state index contributed by atoms with van der Waals surface area (Å²) in [5, 5.41) is 0.962. The summed E-state index contributed by atoms with van der Waals surface area (Å²) in [4.78, 5) is 6.81. The highest BCUT2D eigenvalue weighted by Crippen LogP contribution is 2.33. The minimum atomic E-state index is 0.640. The van der Waals surface area contributed by atoms with Crippen molar-refractivity contribution >= 4 is 21.7 Å². The molecule has 1 aliphatic carbocycles. The van der Waals surface area contributed by atoms with Crippen molar-refractivity contribution in [3.8, 4) is 5.75 Å². The van der Waals surface area contributed by atoms with Gasteiger partial charge in [0.15, 0.2) is 11.6 Å². The van der Waals surface area contributed by atoms with Gasteiger partial charge in [-0.1, -0.05) is 15.9 Å². The first-order valence-electron chi connectivity index (χ1n) is 5.68. The van der Waals surface area contributed by atoms with E-state index in [1.165, 1.54) is 19.3 Å². The van der Waals surface area contributed by atoms with Crippen molar-refractivity contribution < 1.29 is 4.74 Å². The van der Waals surface area contributed by atoms with Gasteiger partial charge in [-0.25, -0.2) is 4.98 Å². The zero-order chi connectivity index (χ0) is 11.4. The van der Waals surface area contributed by atoms with Crippen LogP contribution in [0.2, 0.25) is 0 Å². The van der Waals surface area contributed by atoms with Crippen LogP contribution < -0.4 is 9.64 Å². The molecular formula is C12H17BrN2O. The standard InChI is InChI=1S/C12H17BrN2O/c1-16-11-6-3-8-14-12(11)15(9-7-13)10-4-2-5-10/h3,6,8,10H,2,4-5,7,9H2,1H3. The van der Waals surface area contributed by atoms with E-state index in [2.05, 4.69) is 25.8 Å². The van der Waals surface area contributed by atoms with Gasteiger partial charge in [-0.15, -0.1) is 0 Å². The van der Waals surface area contributed by atoms with Gasteiger partial charge in [-0.05, 0) is 31.4 Å². The Morgan fingerprint density at radius 1 is 1.56 bits per heavy atom. The molecule has 1 fully saturated rings. The highest BCUT2D eigenvalue weighted by molar-refractivity contribution is 9.09. The first-order valence-corrected chi connectivity index (χ1v) is 6.80. The molecule has 1 aromatic heterocycles. The molecule has 1 aliphatic rings. The van der Waals surface area contributed by atoms with Crippen molar-refractivity contribution in [2.45, 2.75) is 25.3 Å². The van der Waals surface area contributed by atoms with Crippen molar-refractivity contribution in [1.82, 2.24) is 4.98 Å². The number of hydrogen-bond donors (Lipinski definition) is 0. The first-order chi connectivity index (χ1) is 7.86. The van der Waals surface area contributed by atoms with Gasteiger partial charge in [0.1, 0.15) is 0 Å². The van der Waals surface area contributed by atoms with Crippen LogP contribution in [0.15, 0.2) is 18.3 Å². The van der Waals surface area contributed by atoms with Crippen LogP contribution in [0.1, 0.15) is 19.3 Å². The molecule has 0 radical (unpaired) electrons. The Morgan fingerprint density at radius 2 is 2.38 bits per heavy atom. The fraction of sp³-hybridized carbons (Fsp3) is 0.583. The minimum absolute atomic E-state index is 0.640. The SMILES string of the molecule is COc1cccnc1N(CCBr)C1CCC1. The molecule has 3 nitrogen and oxygen atoms in total. The molecule has 0 amide bonds. The monoisotopic (exact) mass is 284 g/mol. The Hall–Kier alpha value is -0.770. The van der Waals surface area contributed by atoms with Gasteiger partial charge in [0.05, 0.1) is 7.11 Å². The molecule has 1 aromatic rings. The number of halogens is 1. The van der Waals surface area contributed by atoms with E-state index in [0.717, 1.165) is 23.4 Å². The largest absolute Gasteiger partial charge is 0.493 e. The molecule has 0 aliphatic heterocycles. The van der Waals surface area contributed by atoms with Crippen LogP contribution in [-0.4, -0.2) is 30.0 Å². The van der Waals surface area contributed by atoms with Gasteiger partial charge in [-0.3, -0.25) is 0 Å².